The Labute approximate surface area is 99.5 Å². The van der Waals surface area contributed by atoms with E-state index in [9.17, 15) is 4.79 Å². The van der Waals surface area contributed by atoms with Crippen LogP contribution in [0, 0.1) is 6.57 Å². The fourth-order valence-corrected chi connectivity index (χ4v) is 1.85. The summed E-state index contributed by atoms with van der Waals surface area (Å²) in [5.41, 5.74) is 0.581. The van der Waals surface area contributed by atoms with Crippen molar-refractivity contribution in [1.82, 2.24) is 0 Å². The second kappa shape index (κ2) is 4.67. The summed E-state index contributed by atoms with van der Waals surface area (Å²) in [6.45, 7) is 6.63. The van der Waals surface area contributed by atoms with Gasteiger partial charge >= 0.3 is 0 Å². The number of hydrogen-bond donors (Lipinski definition) is 0. The van der Waals surface area contributed by atoms with E-state index in [0.29, 0.717) is 5.56 Å². The van der Waals surface area contributed by atoms with Gasteiger partial charge in [0.2, 0.25) is 5.78 Å². The van der Waals surface area contributed by atoms with E-state index in [0.717, 1.165) is 16.5 Å². The standard InChI is InChI=1S/C14H11NO2/c1-15-9-13(16)11-7-8-14(17-2)12-6-4-3-5-10(11)12/h3-8H,9H2,2H3. The summed E-state index contributed by atoms with van der Waals surface area (Å²) < 4.78 is 5.25. The number of carbonyl (C=O) groups is 1. The molecule has 3 heteroatoms. The topological polar surface area (TPSA) is 30.7 Å². The van der Waals surface area contributed by atoms with E-state index in [4.69, 9.17) is 11.3 Å². The lowest BCUT2D eigenvalue weighted by atomic mass is 10.0. The molecule has 0 heterocycles. The van der Waals surface area contributed by atoms with E-state index in [-0.39, 0.29) is 12.3 Å². The van der Waals surface area contributed by atoms with Crippen molar-refractivity contribution in [3.05, 3.63) is 53.4 Å². The summed E-state index contributed by atoms with van der Waals surface area (Å²) >= 11 is 0. The molecule has 0 radical (unpaired) electrons. The molecule has 0 aliphatic heterocycles. The Bertz CT molecular complexity index is 611. The minimum atomic E-state index is -0.154. The first-order chi connectivity index (χ1) is 8.27. The molecule has 0 aliphatic rings. The number of hydrogen-bond acceptors (Lipinski definition) is 2. The van der Waals surface area contributed by atoms with Gasteiger partial charge in [0, 0.05) is 10.9 Å². The molecular formula is C14H11NO2. The largest absolute Gasteiger partial charge is 0.496 e. The molecule has 2 aromatic carbocycles. The number of carbonyl (C=O) groups excluding carboxylic acids is 1. The summed E-state index contributed by atoms with van der Waals surface area (Å²) in [6.07, 6.45) is 0. The van der Waals surface area contributed by atoms with Crippen molar-refractivity contribution in [2.75, 3.05) is 13.7 Å². The van der Waals surface area contributed by atoms with Crippen LogP contribution in [0.25, 0.3) is 15.6 Å². The average molecular weight is 225 g/mol. The van der Waals surface area contributed by atoms with Crippen molar-refractivity contribution >= 4 is 16.6 Å². The maximum atomic E-state index is 11.8. The highest BCUT2D eigenvalue weighted by Crippen LogP contribution is 2.28. The number of rotatable bonds is 3. The molecule has 0 atom stereocenters. The van der Waals surface area contributed by atoms with Gasteiger partial charge in [0.05, 0.1) is 7.11 Å². The Morgan fingerprint density at radius 2 is 1.94 bits per heavy atom. The highest BCUT2D eigenvalue weighted by atomic mass is 16.5. The molecule has 0 saturated carbocycles. The third kappa shape index (κ3) is 1.98. The van der Waals surface area contributed by atoms with Gasteiger partial charge in [-0.1, -0.05) is 24.3 Å². The van der Waals surface area contributed by atoms with Crippen LogP contribution in [0.5, 0.6) is 5.75 Å². The molecule has 0 unspecified atom stereocenters. The molecule has 3 nitrogen and oxygen atoms in total. The van der Waals surface area contributed by atoms with Crippen molar-refractivity contribution in [3.8, 4) is 5.75 Å². The highest BCUT2D eigenvalue weighted by Gasteiger charge is 2.14. The minimum absolute atomic E-state index is 0.115. The smallest absolute Gasteiger partial charge is 0.276 e. The Morgan fingerprint density at radius 1 is 1.24 bits per heavy atom. The van der Waals surface area contributed by atoms with Crippen molar-refractivity contribution in [1.29, 1.82) is 0 Å². The zero-order valence-electron chi connectivity index (χ0n) is 9.43. The Hall–Kier alpha value is -2.34. The third-order valence-corrected chi connectivity index (χ3v) is 2.63. The summed E-state index contributed by atoms with van der Waals surface area (Å²) in [5.74, 6) is 0.582. The lowest BCUT2D eigenvalue weighted by Gasteiger charge is -2.07. The molecule has 84 valence electrons. The molecule has 0 spiro atoms. The first kappa shape index (κ1) is 11.2. The van der Waals surface area contributed by atoms with Gasteiger partial charge in [0.25, 0.3) is 6.54 Å². The second-order valence-electron chi connectivity index (χ2n) is 3.60. The number of ether oxygens (including phenoxy) is 1. The lowest BCUT2D eigenvalue weighted by Crippen LogP contribution is -2.03. The van der Waals surface area contributed by atoms with Gasteiger partial charge in [-0.25, -0.2) is 6.57 Å². The maximum absolute atomic E-state index is 11.8. The van der Waals surface area contributed by atoms with Gasteiger partial charge in [0.1, 0.15) is 5.75 Å². The summed E-state index contributed by atoms with van der Waals surface area (Å²) in [6, 6.07) is 11.0. The fraction of sp³-hybridized carbons (Fsp3) is 0.143. The van der Waals surface area contributed by atoms with Crippen LogP contribution < -0.4 is 4.74 Å². The quantitative estimate of drug-likeness (QED) is 0.594. The molecule has 0 aliphatic carbocycles. The van der Waals surface area contributed by atoms with Crippen LogP contribution in [0.1, 0.15) is 10.4 Å². The van der Waals surface area contributed by atoms with Gasteiger partial charge in [-0.15, -0.1) is 0 Å². The summed E-state index contributed by atoms with van der Waals surface area (Å²) in [4.78, 5) is 14.9. The first-order valence-electron chi connectivity index (χ1n) is 5.20. The monoisotopic (exact) mass is 225 g/mol. The molecule has 0 fully saturated rings. The van der Waals surface area contributed by atoms with Crippen LogP contribution in [-0.2, 0) is 0 Å². The number of nitrogens with zero attached hydrogens (tertiary/aromatic N) is 1. The fourth-order valence-electron chi connectivity index (χ4n) is 1.85. The van der Waals surface area contributed by atoms with E-state index in [1.54, 1.807) is 19.2 Å². The van der Waals surface area contributed by atoms with E-state index < -0.39 is 0 Å². The average Bonchev–Trinajstić information content (AvgIpc) is 2.37. The maximum Gasteiger partial charge on any atom is 0.276 e. The van der Waals surface area contributed by atoms with Crippen LogP contribution in [0.2, 0.25) is 0 Å². The Morgan fingerprint density at radius 3 is 2.59 bits per heavy atom. The van der Waals surface area contributed by atoms with Crippen LogP contribution in [0.4, 0.5) is 0 Å². The summed E-state index contributed by atoms with van der Waals surface area (Å²) in [5, 5.41) is 1.73. The van der Waals surface area contributed by atoms with Crippen LogP contribution in [0.3, 0.4) is 0 Å². The molecule has 0 aromatic heterocycles. The number of Topliss-reactive ketones (excluding diaryl/α,β-unsaturated/α-hetero) is 1. The van der Waals surface area contributed by atoms with E-state index in [1.807, 2.05) is 24.3 Å². The van der Waals surface area contributed by atoms with Gasteiger partial charge in [-0.05, 0) is 17.5 Å². The predicted molar refractivity (Wildman–Crippen MR) is 66.3 cm³/mol. The molecule has 2 aromatic rings. The molecule has 0 N–H and O–H groups in total. The van der Waals surface area contributed by atoms with Gasteiger partial charge in [-0.2, -0.15) is 0 Å². The van der Waals surface area contributed by atoms with Crippen LogP contribution >= 0.6 is 0 Å². The molecule has 0 bridgehead atoms. The number of benzene rings is 2. The highest BCUT2D eigenvalue weighted by molar-refractivity contribution is 6.10. The van der Waals surface area contributed by atoms with Crippen molar-refractivity contribution in [2.45, 2.75) is 0 Å². The Balaban J connectivity index is 2.67. The SMILES string of the molecule is [C-]#[N+]CC(=O)c1ccc(OC)c2ccccc12. The molecule has 17 heavy (non-hydrogen) atoms. The second-order valence-corrected chi connectivity index (χ2v) is 3.60. The first-order valence-corrected chi connectivity index (χ1v) is 5.20. The molecule has 2 rings (SSSR count). The zero-order valence-corrected chi connectivity index (χ0v) is 9.43. The third-order valence-electron chi connectivity index (χ3n) is 2.63. The van der Waals surface area contributed by atoms with Gasteiger partial charge in [0.15, 0.2) is 0 Å². The van der Waals surface area contributed by atoms with Gasteiger partial charge in [-0.3, -0.25) is 4.79 Å². The van der Waals surface area contributed by atoms with Crippen molar-refractivity contribution in [2.24, 2.45) is 0 Å². The number of methoxy groups -OCH3 is 1. The van der Waals surface area contributed by atoms with Crippen LogP contribution in [-0.4, -0.2) is 19.4 Å². The summed E-state index contributed by atoms with van der Waals surface area (Å²) in [7, 11) is 1.60. The Kier molecular flexibility index (Phi) is 3.06. The molecule has 0 saturated heterocycles. The normalized spacial score (nSPS) is 9.88. The van der Waals surface area contributed by atoms with Crippen molar-refractivity contribution in [3.63, 3.8) is 0 Å². The number of ketones is 1. The zero-order chi connectivity index (χ0) is 12.3. The van der Waals surface area contributed by atoms with E-state index in [2.05, 4.69) is 4.85 Å². The lowest BCUT2D eigenvalue weighted by molar-refractivity contribution is 0.101. The van der Waals surface area contributed by atoms with Crippen LogP contribution in [0.15, 0.2) is 36.4 Å². The molecular weight excluding hydrogens is 214 g/mol. The van der Waals surface area contributed by atoms with E-state index >= 15 is 0 Å². The minimum Gasteiger partial charge on any atom is -0.496 e. The van der Waals surface area contributed by atoms with E-state index in [1.165, 1.54) is 0 Å². The van der Waals surface area contributed by atoms with Crippen molar-refractivity contribution < 1.29 is 9.53 Å². The van der Waals surface area contributed by atoms with Gasteiger partial charge < -0.3 is 9.58 Å². The predicted octanol–water partition coefficient (Wildman–Crippen LogP) is 2.95. The number of fused-ring (bicyclic) bond motifs is 1. The molecule has 0 amide bonds.